The smallest absolute Gasteiger partial charge is 0.142 e. The summed E-state index contributed by atoms with van der Waals surface area (Å²) in [6.45, 7) is 8.02. The first-order chi connectivity index (χ1) is 8.17. The van der Waals surface area contributed by atoms with Crippen LogP contribution < -0.4 is 10.1 Å². The van der Waals surface area contributed by atoms with Crippen molar-refractivity contribution in [2.75, 3.05) is 25.1 Å². The van der Waals surface area contributed by atoms with Gasteiger partial charge < -0.3 is 14.8 Å². The zero-order valence-electron chi connectivity index (χ0n) is 10.6. The van der Waals surface area contributed by atoms with E-state index in [0.29, 0.717) is 18.2 Å². The van der Waals surface area contributed by atoms with Crippen LogP contribution in [0.15, 0.2) is 18.2 Å². The van der Waals surface area contributed by atoms with E-state index < -0.39 is 0 Å². The molecule has 0 aromatic heterocycles. The Morgan fingerprint density at radius 1 is 1.29 bits per heavy atom. The van der Waals surface area contributed by atoms with Crippen molar-refractivity contribution in [3.8, 4) is 5.75 Å². The van der Waals surface area contributed by atoms with E-state index in [1.54, 1.807) is 0 Å². The van der Waals surface area contributed by atoms with Gasteiger partial charge in [-0.05, 0) is 39.0 Å². The molecule has 1 rings (SSSR count). The van der Waals surface area contributed by atoms with Crippen molar-refractivity contribution in [1.29, 1.82) is 0 Å². The molecule has 17 heavy (non-hydrogen) atoms. The van der Waals surface area contributed by atoms with Gasteiger partial charge in [-0.2, -0.15) is 0 Å². The van der Waals surface area contributed by atoms with Gasteiger partial charge >= 0.3 is 0 Å². The minimum absolute atomic E-state index is 0.215. The average molecular weight is 258 g/mol. The molecule has 0 aliphatic heterocycles. The van der Waals surface area contributed by atoms with E-state index in [2.05, 4.69) is 12.2 Å². The highest BCUT2D eigenvalue weighted by atomic mass is 35.5. The molecule has 0 fully saturated rings. The minimum atomic E-state index is 0.215. The molecular formula is C13H20ClNO2. The number of ether oxygens (including phenoxy) is 2. The number of nitrogens with one attached hydrogen (secondary N) is 1. The fourth-order valence-electron chi connectivity index (χ4n) is 1.50. The van der Waals surface area contributed by atoms with Gasteiger partial charge in [-0.15, -0.1) is 0 Å². The summed E-state index contributed by atoms with van der Waals surface area (Å²) in [6.07, 6.45) is 0. The normalized spacial score (nSPS) is 12.2. The van der Waals surface area contributed by atoms with Crippen LogP contribution in [0.4, 0.5) is 5.69 Å². The molecule has 0 heterocycles. The largest absolute Gasteiger partial charge is 0.492 e. The fraction of sp³-hybridized carbons (Fsp3) is 0.538. The highest BCUT2D eigenvalue weighted by Crippen LogP contribution is 2.28. The molecule has 1 aromatic rings. The van der Waals surface area contributed by atoms with Gasteiger partial charge in [-0.3, -0.25) is 0 Å². The third-order valence-corrected chi connectivity index (χ3v) is 2.45. The van der Waals surface area contributed by atoms with E-state index in [0.717, 1.165) is 18.0 Å². The molecular weight excluding hydrogens is 238 g/mol. The number of rotatable bonds is 7. The van der Waals surface area contributed by atoms with Crippen LogP contribution in [0.2, 0.25) is 5.02 Å². The lowest BCUT2D eigenvalue weighted by molar-refractivity contribution is 0.141. The van der Waals surface area contributed by atoms with E-state index in [4.69, 9.17) is 21.1 Å². The van der Waals surface area contributed by atoms with Crippen LogP contribution >= 0.6 is 11.6 Å². The molecule has 0 aliphatic rings. The van der Waals surface area contributed by atoms with Gasteiger partial charge in [0.2, 0.25) is 0 Å². The number of hydrogen-bond acceptors (Lipinski definition) is 3. The quantitative estimate of drug-likeness (QED) is 0.810. The Hall–Kier alpha value is -0.930. The van der Waals surface area contributed by atoms with Crippen LogP contribution in [0.3, 0.4) is 0 Å². The second kappa shape index (κ2) is 7.41. The summed E-state index contributed by atoms with van der Waals surface area (Å²) in [5, 5.41) is 4.03. The predicted octanol–water partition coefficient (Wildman–Crippen LogP) is 3.58. The van der Waals surface area contributed by atoms with E-state index in [-0.39, 0.29) is 6.04 Å². The monoisotopic (exact) mass is 257 g/mol. The molecule has 0 saturated carbocycles. The molecule has 0 radical (unpaired) electrons. The molecule has 4 heteroatoms. The second-order valence-electron chi connectivity index (χ2n) is 3.78. The Labute approximate surface area is 108 Å². The Balaban J connectivity index is 2.69. The number of halogens is 1. The van der Waals surface area contributed by atoms with Gasteiger partial charge in [0, 0.05) is 17.7 Å². The maximum absolute atomic E-state index is 5.98. The van der Waals surface area contributed by atoms with Crippen molar-refractivity contribution in [3.05, 3.63) is 23.2 Å². The van der Waals surface area contributed by atoms with Crippen LogP contribution in [0.1, 0.15) is 20.8 Å². The maximum Gasteiger partial charge on any atom is 0.142 e. The zero-order valence-corrected chi connectivity index (χ0v) is 11.4. The lowest BCUT2D eigenvalue weighted by Crippen LogP contribution is -2.22. The van der Waals surface area contributed by atoms with Gasteiger partial charge in [0.15, 0.2) is 0 Å². The summed E-state index contributed by atoms with van der Waals surface area (Å²) in [4.78, 5) is 0. The third-order valence-electron chi connectivity index (χ3n) is 2.22. The van der Waals surface area contributed by atoms with Gasteiger partial charge in [-0.1, -0.05) is 11.6 Å². The van der Waals surface area contributed by atoms with Crippen molar-refractivity contribution < 1.29 is 9.47 Å². The first kappa shape index (κ1) is 14.1. The molecule has 3 nitrogen and oxygen atoms in total. The minimum Gasteiger partial charge on any atom is -0.492 e. The van der Waals surface area contributed by atoms with E-state index in [9.17, 15) is 0 Å². The maximum atomic E-state index is 5.98. The molecule has 96 valence electrons. The van der Waals surface area contributed by atoms with Crippen LogP contribution in [0, 0.1) is 0 Å². The number of benzene rings is 1. The number of anilines is 1. The van der Waals surface area contributed by atoms with Gasteiger partial charge in [0.05, 0.1) is 18.9 Å². The Kier molecular flexibility index (Phi) is 6.16. The summed E-state index contributed by atoms with van der Waals surface area (Å²) < 4.78 is 10.9. The van der Waals surface area contributed by atoms with Gasteiger partial charge in [0.1, 0.15) is 5.75 Å². The van der Waals surface area contributed by atoms with Gasteiger partial charge in [-0.25, -0.2) is 0 Å². The summed E-state index contributed by atoms with van der Waals surface area (Å²) in [5.41, 5.74) is 0.909. The molecule has 1 unspecified atom stereocenters. The van der Waals surface area contributed by atoms with Crippen LogP contribution in [-0.2, 0) is 4.74 Å². The SMILES string of the molecule is CCOCC(C)Nc1cc(Cl)ccc1OCC. The number of hydrogen-bond donors (Lipinski definition) is 1. The topological polar surface area (TPSA) is 30.5 Å². The summed E-state index contributed by atoms with van der Waals surface area (Å²) in [6, 6.07) is 5.79. The van der Waals surface area contributed by atoms with E-state index >= 15 is 0 Å². The molecule has 0 saturated heterocycles. The highest BCUT2D eigenvalue weighted by molar-refractivity contribution is 6.30. The van der Waals surface area contributed by atoms with Gasteiger partial charge in [0.25, 0.3) is 0 Å². The summed E-state index contributed by atoms with van der Waals surface area (Å²) in [5.74, 6) is 0.820. The second-order valence-corrected chi connectivity index (χ2v) is 4.21. The predicted molar refractivity (Wildman–Crippen MR) is 72.2 cm³/mol. The molecule has 0 aliphatic carbocycles. The van der Waals surface area contributed by atoms with E-state index in [1.807, 2.05) is 32.0 Å². The van der Waals surface area contributed by atoms with Crippen molar-refractivity contribution >= 4 is 17.3 Å². The van der Waals surface area contributed by atoms with Crippen LogP contribution in [-0.4, -0.2) is 25.9 Å². The van der Waals surface area contributed by atoms with E-state index in [1.165, 1.54) is 0 Å². The average Bonchev–Trinajstić information content (AvgIpc) is 2.30. The Bertz CT molecular complexity index is 344. The highest BCUT2D eigenvalue weighted by Gasteiger charge is 2.08. The third kappa shape index (κ3) is 4.84. The fourth-order valence-corrected chi connectivity index (χ4v) is 1.67. The van der Waals surface area contributed by atoms with Crippen LogP contribution in [0.5, 0.6) is 5.75 Å². The molecule has 0 amide bonds. The summed E-state index contributed by atoms with van der Waals surface area (Å²) in [7, 11) is 0. The molecule has 0 bridgehead atoms. The van der Waals surface area contributed by atoms with Crippen molar-refractivity contribution in [3.63, 3.8) is 0 Å². The van der Waals surface area contributed by atoms with Crippen molar-refractivity contribution in [1.82, 2.24) is 0 Å². The first-order valence-electron chi connectivity index (χ1n) is 5.94. The van der Waals surface area contributed by atoms with Crippen molar-refractivity contribution in [2.45, 2.75) is 26.8 Å². The molecule has 1 aromatic carbocycles. The standard InChI is InChI=1S/C13H20ClNO2/c1-4-16-9-10(3)15-12-8-11(14)6-7-13(12)17-5-2/h6-8,10,15H,4-5,9H2,1-3H3. The Morgan fingerprint density at radius 3 is 2.71 bits per heavy atom. The van der Waals surface area contributed by atoms with Crippen molar-refractivity contribution in [2.24, 2.45) is 0 Å². The molecule has 1 N–H and O–H groups in total. The molecule has 1 atom stereocenters. The molecule has 0 spiro atoms. The zero-order chi connectivity index (χ0) is 12.7. The first-order valence-corrected chi connectivity index (χ1v) is 6.31. The summed E-state index contributed by atoms with van der Waals surface area (Å²) >= 11 is 5.98. The van der Waals surface area contributed by atoms with Crippen LogP contribution in [0.25, 0.3) is 0 Å². The lowest BCUT2D eigenvalue weighted by Gasteiger charge is -2.18. The lowest BCUT2D eigenvalue weighted by atomic mass is 10.2. The Morgan fingerprint density at radius 2 is 2.06 bits per heavy atom.